The number of hydrogen-bond acceptors (Lipinski definition) is 3. The molecule has 5 nitrogen and oxygen atoms in total. The van der Waals surface area contributed by atoms with Crippen molar-refractivity contribution >= 4 is 17.5 Å². The molecule has 0 bridgehead atoms. The highest BCUT2D eigenvalue weighted by Gasteiger charge is 2.50. The Morgan fingerprint density at radius 3 is 2.21 bits per heavy atom. The Labute approximate surface area is 187 Å². The highest BCUT2D eigenvalue weighted by atomic mass is 19.4. The van der Waals surface area contributed by atoms with Crippen molar-refractivity contribution in [3.8, 4) is 0 Å². The Hall–Kier alpha value is -2.30. The minimum Gasteiger partial charge on any atom is -0.341 e. The van der Waals surface area contributed by atoms with Gasteiger partial charge in [0.15, 0.2) is 0 Å². The average molecular weight is 479 g/mol. The lowest BCUT2D eigenvalue weighted by molar-refractivity contribution is -0.189. The number of carbonyl (C=O) groups excluding carboxylic acids is 2. The van der Waals surface area contributed by atoms with Gasteiger partial charge in [-0.25, -0.2) is 0 Å². The maximum absolute atomic E-state index is 12.9. The van der Waals surface area contributed by atoms with E-state index in [0.717, 1.165) is 26.0 Å². The first-order chi connectivity index (χ1) is 15.1. The molecule has 0 radical (unpaired) electrons. The van der Waals surface area contributed by atoms with Gasteiger partial charge < -0.3 is 10.6 Å². The number of amides is 2. The SMILES string of the molecule is CC(C)(NC(=O)CN1CC2(CCC(C(=O)Nc3cccc(C(F)(F)F)c3)CC2)C1)C(F)(F)F. The monoisotopic (exact) mass is 479 g/mol. The van der Waals surface area contributed by atoms with Crippen molar-refractivity contribution in [1.82, 2.24) is 10.2 Å². The second-order valence-electron chi connectivity index (χ2n) is 9.66. The second kappa shape index (κ2) is 8.81. The second-order valence-corrected chi connectivity index (χ2v) is 9.66. The Morgan fingerprint density at radius 2 is 1.67 bits per heavy atom. The number of benzene rings is 1. The molecule has 2 amide bonds. The number of nitrogens with zero attached hydrogens (tertiary/aromatic N) is 1. The fourth-order valence-corrected chi connectivity index (χ4v) is 4.50. The van der Waals surface area contributed by atoms with Gasteiger partial charge in [-0.3, -0.25) is 14.5 Å². The molecule has 11 heteroatoms. The van der Waals surface area contributed by atoms with Crippen LogP contribution in [0.4, 0.5) is 32.0 Å². The van der Waals surface area contributed by atoms with Gasteiger partial charge in [-0.1, -0.05) is 6.07 Å². The Balaban J connectivity index is 1.44. The lowest BCUT2D eigenvalue weighted by Crippen LogP contribution is -2.62. The number of carbonyl (C=O) groups is 2. The van der Waals surface area contributed by atoms with Crippen molar-refractivity contribution in [3.63, 3.8) is 0 Å². The number of nitrogens with one attached hydrogen (secondary N) is 2. The molecule has 1 saturated carbocycles. The lowest BCUT2D eigenvalue weighted by atomic mass is 9.65. The lowest BCUT2D eigenvalue weighted by Gasteiger charge is -2.53. The number of anilines is 1. The van der Waals surface area contributed by atoms with E-state index >= 15 is 0 Å². The molecule has 0 unspecified atom stereocenters. The van der Waals surface area contributed by atoms with Crippen LogP contribution >= 0.6 is 0 Å². The van der Waals surface area contributed by atoms with Gasteiger partial charge in [0.05, 0.1) is 12.1 Å². The van der Waals surface area contributed by atoms with Crippen LogP contribution in [0.1, 0.15) is 45.1 Å². The largest absolute Gasteiger partial charge is 0.416 e. The van der Waals surface area contributed by atoms with Crippen LogP contribution in [0.5, 0.6) is 0 Å². The number of halogens is 6. The molecule has 1 spiro atoms. The normalized spacial score (nSPS) is 19.8. The smallest absolute Gasteiger partial charge is 0.341 e. The van der Waals surface area contributed by atoms with Gasteiger partial charge in [0.25, 0.3) is 0 Å². The summed E-state index contributed by atoms with van der Waals surface area (Å²) in [6, 6.07) is 4.49. The van der Waals surface area contributed by atoms with Crippen molar-refractivity contribution in [2.45, 2.75) is 57.4 Å². The van der Waals surface area contributed by atoms with E-state index in [1.54, 1.807) is 4.90 Å². The highest BCUT2D eigenvalue weighted by molar-refractivity contribution is 5.92. The van der Waals surface area contributed by atoms with E-state index < -0.39 is 29.4 Å². The van der Waals surface area contributed by atoms with Crippen molar-refractivity contribution in [2.24, 2.45) is 11.3 Å². The van der Waals surface area contributed by atoms with E-state index in [9.17, 15) is 35.9 Å². The summed E-state index contributed by atoms with van der Waals surface area (Å²) in [6.45, 7) is 2.83. The van der Waals surface area contributed by atoms with Crippen LogP contribution in [0.2, 0.25) is 0 Å². The minimum atomic E-state index is -4.55. The maximum atomic E-state index is 12.9. The van der Waals surface area contributed by atoms with Crippen LogP contribution in [-0.2, 0) is 15.8 Å². The van der Waals surface area contributed by atoms with Crippen LogP contribution in [0.15, 0.2) is 24.3 Å². The summed E-state index contributed by atoms with van der Waals surface area (Å²) in [5, 5.41) is 4.58. The van der Waals surface area contributed by atoms with E-state index in [4.69, 9.17) is 0 Å². The summed E-state index contributed by atoms with van der Waals surface area (Å²) in [5.74, 6) is -1.34. The molecule has 0 atom stereocenters. The van der Waals surface area contributed by atoms with Gasteiger partial charge in [0.2, 0.25) is 11.8 Å². The molecule has 2 aliphatic rings. The molecule has 2 N–H and O–H groups in total. The molecule has 0 aromatic heterocycles. The van der Waals surface area contributed by atoms with Crippen LogP contribution < -0.4 is 10.6 Å². The summed E-state index contributed by atoms with van der Waals surface area (Å²) in [6.07, 6.45) is -6.50. The van der Waals surface area contributed by atoms with E-state index in [-0.39, 0.29) is 29.5 Å². The summed E-state index contributed by atoms with van der Waals surface area (Å²) in [5.41, 5.74) is -3.12. The molecular weight excluding hydrogens is 452 g/mol. The van der Waals surface area contributed by atoms with Crippen LogP contribution in [-0.4, -0.2) is 48.1 Å². The predicted molar refractivity (Wildman–Crippen MR) is 109 cm³/mol. The quantitative estimate of drug-likeness (QED) is 0.608. The van der Waals surface area contributed by atoms with Crippen LogP contribution in [0.25, 0.3) is 0 Å². The Morgan fingerprint density at radius 1 is 1.06 bits per heavy atom. The molecular formula is C22H27F6N3O2. The van der Waals surface area contributed by atoms with Crippen LogP contribution in [0.3, 0.4) is 0 Å². The van der Waals surface area contributed by atoms with Crippen molar-refractivity contribution in [2.75, 3.05) is 25.0 Å². The van der Waals surface area contributed by atoms with Crippen molar-refractivity contribution in [1.29, 1.82) is 0 Å². The number of rotatable bonds is 5. The van der Waals surface area contributed by atoms with Gasteiger partial charge in [-0.2, -0.15) is 26.3 Å². The Kier molecular flexibility index (Phi) is 6.76. The molecule has 1 aliphatic carbocycles. The fraction of sp³-hybridized carbons (Fsp3) is 0.636. The first kappa shape index (κ1) is 25.3. The van der Waals surface area contributed by atoms with E-state index in [1.807, 2.05) is 5.32 Å². The van der Waals surface area contributed by atoms with E-state index in [0.29, 0.717) is 38.8 Å². The molecule has 3 rings (SSSR count). The van der Waals surface area contributed by atoms with Crippen molar-refractivity contribution in [3.05, 3.63) is 29.8 Å². The van der Waals surface area contributed by atoms with Gasteiger partial charge >= 0.3 is 12.4 Å². The van der Waals surface area contributed by atoms with Gasteiger partial charge in [0.1, 0.15) is 5.54 Å². The zero-order valence-corrected chi connectivity index (χ0v) is 18.4. The topological polar surface area (TPSA) is 61.4 Å². The predicted octanol–water partition coefficient (Wildman–Crippen LogP) is 4.59. The first-order valence-corrected chi connectivity index (χ1v) is 10.7. The third-order valence-electron chi connectivity index (χ3n) is 6.52. The highest BCUT2D eigenvalue weighted by Crippen LogP contribution is 2.45. The molecule has 1 aliphatic heterocycles. The summed E-state index contributed by atoms with van der Waals surface area (Å²) < 4.78 is 77.3. The Bertz CT molecular complexity index is 881. The zero-order chi connectivity index (χ0) is 24.7. The van der Waals surface area contributed by atoms with E-state index in [2.05, 4.69) is 5.32 Å². The molecule has 184 valence electrons. The van der Waals surface area contributed by atoms with Gasteiger partial charge in [-0.05, 0) is 63.1 Å². The summed E-state index contributed by atoms with van der Waals surface area (Å²) in [4.78, 5) is 26.3. The van der Waals surface area contributed by atoms with Gasteiger partial charge in [-0.15, -0.1) is 0 Å². The third-order valence-corrected chi connectivity index (χ3v) is 6.52. The first-order valence-electron chi connectivity index (χ1n) is 10.7. The number of alkyl halides is 6. The maximum Gasteiger partial charge on any atom is 0.416 e. The molecule has 1 aromatic rings. The molecule has 1 aromatic carbocycles. The minimum absolute atomic E-state index is 0.0766. The number of hydrogen-bond donors (Lipinski definition) is 2. The molecule has 1 heterocycles. The third kappa shape index (κ3) is 5.99. The fourth-order valence-electron chi connectivity index (χ4n) is 4.50. The molecule has 1 saturated heterocycles. The average Bonchev–Trinajstić information content (AvgIpc) is 2.65. The molecule has 2 fully saturated rings. The summed E-state index contributed by atoms with van der Waals surface area (Å²) >= 11 is 0. The van der Waals surface area contributed by atoms with E-state index in [1.165, 1.54) is 12.1 Å². The zero-order valence-electron chi connectivity index (χ0n) is 18.4. The summed E-state index contributed by atoms with van der Waals surface area (Å²) in [7, 11) is 0. The van der Waals surface area contributed by atoms with Crippen LogP contribution in [0, 0.1) is 11.3 Å². The molecule has 33 heavy (non-hydrogen) atoms. The van der Waals surface area contributed by atoms with Gasteiger partial charge in [0, 0.05) is 24.7 Å². The standard InChI is InChI=1S/C22H27F6N3O2/c1-19(2,22(26,27)28)30-17(32)11-31-12-20(13-31)8-6-14(7-9-20)18(33)29-16-5-3-4-15(10-16)21(23,24)25/h3-5,10,14H,6-9,11-13H2,1-2H3,(H,29,33)(H,30,32). The van der Waals surface area contributed by atoms with Crippen molar-refractivity contribution < 1.29 is 35.9 Å². The number of likely N-dealkylation sites (tertiary alicyclic amines) is 1.